The van der Waals surface area contributed by atoms with Crippen LogP contribution < -0.4 is 14.8 Å². The van der Waals surface area contributed by atoms with Crippen molar-refractivity contribution >= 4 is 21.6 Å². The number of halogens is 1. The smallest absolute Gasteiger partial charge is 0.261 e. The number of anilines is 1. The van der Waals surface area contributed by atoms with E-state index in [2.05, 4.69) is 15.0 Å². The lowest BCUT2D eigenvalue weighted by Crippen LogP contribution is -2.47. The van der Waals surface area contributed by atoms with Crippen molar-refractivity contribution in [1.29, 1.82) is 0 Å². The fourth-order valence-electron chi connectivity index (χ4n) is 4.76. The number of sulfonamides is 1. The molecular weight excluding hydrogens is 501 g/mol. The van der Waals surface area contributed by atoms with Crippen molar-refractivity contribution < 1.29 is 32.2 Å². The quantitative estimate of drug-likeness (QED) is 0.411. The molecule has 194 valence electrons. The van der Waals surface area contributed by atoms with Crippen molar-refractivity contribution in [3.8, 4) is 5.75 Å². The summed E-state index contributed by atoms with van der Waals surface area (Å²) in [6.07, 6.45) is 2.35. The van der Waals surface area contributed by atoms with Gasteiger partial charge in [0, 0.05) is 36.1 Å². The molecule has 3 aromatic rings. The summed E-state index contributed by atoms with van der Waals surface area (Å²) < 4.78 is 53.3. The zero-order valence-corrected chi connectivity index (χ0v) is 20.5. The van der Waals surface area contributed by atoms with Crippen LogP contribution in [-0.2, 0) is 26.1 Å². The summed E-state index contributed by atoms with van der Waals surface area (Å²) in [5.74, 6) is -0.349. The molecule has 3 heterocycles. The number of hydrogen-bond acceptors (Lipinski definition) is 7. The molecule has 1 saturated heterocycles. The van der Waals surface area contributed by atoms with Crippen LogP contribution in [-0.4, -0.2) is 49.3 Å². The normalized spacial score (nSPS) is 22.4. The maximum atomic E-state index is 13.2. The third kappa shape index (κ3) is 5.58. The molecule has 9 nitrogen and oxygen atoms in total. The minimum atomic E-state index is -3.93. The molecule has 2 aliphatic rings. The van der Waals surface area contributed by atoms with Crippen molar-refractivity contribution in [2.45, 2.75) is 48.5 Å². The van der Waals surface area contributed by atoms with E-state index in [4.69, 9.17) is 9.47 Å². The molecule has 4 atom stereocenters. The van der Waals surface area contributed by atoms with Gasteiger partial charge in [0.1, 0.15) is 23.8 Å². The molecular formula is C26H26FN3O6S. The van der Waals surface area contributed by atoms with Crippen LogP contribution >= 0.6 is 0 Å². The molecule has 0 bridgehead atoms. The van der Waals surface area contributed by atoms with Gasteiger partial charge in [0.2, 0.25) is 5.91 Å². The van der Waals surface area contributed by atoms with Gasteiger partial charge < -0.3 is 19.9 Å². The van der Waals surface area contributed by atoms with Crippen LogP contribution in [0.15, 0.2) is 71.9 Å². The lowest BCUT2D eigenvalue weighted by atomic mass is 9.84. The number of fused-ring (bicyclic) bond motifs is 3. The largest absolute Gasteiger partial charge is 0.487 e. The number of pyridine rings is 1. The number of ether oxygens (including phenoxy) is 2. The second-order valence-corrected chi connectivity index (χ2v) is 10.7. The fraction of sp³-hybridized carbons (Fsp3) is 0.308. The summed E-state index contributed by atoms with van der Waals surface area (Å²) in [6, 6.07) is 13.2. The molecule has 0 saturated carbocycles. The van der Waals surface area contributed by atoms with Gasteiger partial charge in [0.15, 0.2) is 0 Å². The van der Waals surface area contributed by atoms with E-state index in [9.17, 15) is 22.7 Å². The Kier molecular flexibility index (Phi) is 7.09. The topological polar surface area (TPSA) is 127 Å². The van der Waals surface area contributed by atoms with Crippen LogP contribution in [0.2, 0.25) is 0 Å². The Hall–Kier alpha value is -3.54. The van der Waals surface area contributed by atoms with Gasteiger partial charge in [-0.3, -0.25) is 14.5 Å². The maximum Gasteiger partial charge on any atom is 0.261 e. The molecule has 0 aliphatic carbocycles. The van der Waals surface area contributed by atoms with Gasteiger partial charge in [-0.05, 0) is 60.5 Å². The Labute approximate surface area is 213 Å². The minimum absolute atomic E-state index is 0.0627. The first-order valence-corrected chi connectivity index (χ1v) is 13.3. The second-order valence-electron chi connectivity index (χ2n) is 9.06. The van der Waals surface area contributed by atoms with Gasteiger partial charge in [0.25, 0.3) is 10.0 Å². The Morgan fingerprint density at radius 3 is 2.70 bits per heavy atom. The predicted molar refractivity (Wildman–Crippen MR) is 132 cm³/mol. The number of hydrogen-bond donors (Lipinski definition) is 3. The van der Waals surface area contributed by atoms with E-state index in [1.165, 1.54) is 12.1 Å². The third-order valence-corrected chi connectivity index (χ3v) is 7.90. The molecule has 37 heavy (non-hydrogen) atoms. The first kappa shape index (κ1) is 25.1. The monoisotopic (exact) mass is 527 g/mol. The van der Waals surface area contributed by atoms with Crippen molar-refractivity contribution in [3.63, 3.8) is 0 Å². The SMILES string of the molecule is O=C(C[C@@H]1C[C@H]2c3cc(NS(=O)(=O)c4ccc(F)cc4)ccc3O[C@H]2[C@H](CO)O1)NCc1cccnc1. The van der Waals surface area contributed by atoms with Gasteiger partial charge in [-0.1, -0.05) is 6.07 Å². The van der Waals surface area contributed by atoms with Crippen LogP contribution in [0.1, 0.15) is 29.9 Å². The highest BCUT2D eigenvalue weighted by Gasteiger charge is 2.46. The number of aliphatic hydroxyl groups is 1. The number of carbonyl (C=O) groups is 1. The summed E-state index contributed by atoms with van der Waals surface area (Å²) in [5.41, 5.74) is 1.97. The van der Waals surface area contributed by atoms with Crippen molar-refractivity contribution in [3.05, 3.63) is 83.9 Å². The Morgan fingerprint density at radius 1 is 1.16 bits per heavy atom. The van der Waals surface area contributed by atoms with Gasteiger partial charge >= 0.3 is 0 Å². The number of aromatic nitrogens is 1. The van der Waals surface area contributed by atoms with Crippen molar-refractivity contribution in [1.82, 2.24) is 10.3 Å². The molecule has 1 amide bonds. The van der Waals surface area contributed by atoms with Crippen LogP contribution in [0.5, 0.6) is 5.75 Å². The van der Waals surface area contributed by atoms with E-state index in [0.717, 1.165) is 23.3 Å². The Bertz CT molecular complexity index is 1370. The van der Waals surface area contributed by atoms with E-state index in [0.29, 0.717) is 24.4 Å². The van der Waals surface area contributed by atoms with Crippen LogP contribution in [0, 0.1) is 5.82 Å². The lowest BCUT2D eigenvalue weighted by molar-refractivity contribution is -0.142. The number of aliphatic hydroxyl groups excluding tert-OH is 1. The number of carbonyl (C=O) groups excluding carboxylic acids is 1. The standard InChI is InChI=1S/C26H26FN3O6S/c27-17-3-6-20(7-4-17)37(33,34)30-18-5-8-23-21(10-18)22-11-19(35-24(15-31)26(22)36-23)12-25(32)29-14-16-2-1-9-28-13-16/h1-10,13,19,22,24,26,30-31H,11-12,14-15H2,(H,29,32)/t19-,22-,24-,26+/m0/s1. The van der Waals surface area contributed by atoms with Gasteiger partial charge in [-0.15, -0.1) is 0 Å². The average molecular weight is 528 g/mol. The first-order valence-electron chi connectivity index (χ1n) is 11.8. The summed E-state index contributed by atoms with van der Waals surface area (Å²) in [6.45, 7) is 0.0609. The molecule has 3 N–H and O–H groups in total. The summed E-state index contributed by atoms with van der Waals surface area (Å²) >= 11 is 0. The zero-order valence-electron chi connectivity index (χ0n) is 19.7. The second kappa shape index (κ2) is 10.4. The van der Waals surface area contributed by atoms with E-state index in [-0.39, 0.29) is 29.7 Å². The third-order valence-electron chi connectivity index (χ3n) is 6.50. The molecule has 11 heteroatoms. The van der Waals surface area contributed by atoms with Crippen LogP contribution in [0.25, 0.3) is 0 Å². The molecule has 2 aliphatic heterocycles. The number of nitrogens with zero attached hydrogens (tertiary/aromatic N) is 1. The molecule has 1 fully saturated rings. The van der Waals surface area contributed by atoms with Crippen molar-refractivity contribution in [2.75, 3.05) is 11.3 Å². The van der Waals surface area contributed by atoms with Crippen LogP contribution in [0.3, 0.4) is 0 Å². The number of nitrogens with one attached hydrogen (secondary N) is 2. The zero-order chi connectivity index (χ0) is 26.0. The van der Waals surface area contributed by atoms with Gasteiger partial charge in [-0.2, -0.15) is 0 Å². The molecule has 0 spiro atoms. The predicted octanol–water partition coefficient (Wildman–Crippen LogP) is 2.72. The van der Waals surface area contributed by atoms with E-state index < -0.39 is 34.2 Å². The average Bonchev–Trinajstić information content (AvgIpc) is 3.25. The number of benzene rings is 2. The maximum absolute atomic E-state index is 13.2. The summed E-state index contributed by atoms with van der Waals surface area (Å²) in [7, 11) is -3.93. The Balaban J connectivity index is 1.29. The summed E-state index contributed by atoms with van der Waals surface area (Å²) in [5, 5.41) is 12.8. The molecule has 2 aromatic carbocycles. The fourth-order valence-corrected chi connectivity index (χ4v) is 5.81. The highest BCUT2D eigenvalue weighted by atomic mass is 32.2. The number of rotatable bonds is 8. The Morgan fingerprint density at radius 2 is 1.97 bits per heavy atom. The lowest BCUT2D eigenvalue weighted by Gasteiger charge is -2.37. The number of amides is 1. The molecule has 0 radical (unpaired) electrons. The first-order chi connectivity index (χ1) is 17.8. The molecule has 1 aromatic heterocycles. The molecule has 0 unspecified atom stereocenters. The van der Waals surface area contributed by atoms with Gasteiger partial charge in [0.05, 0.1) is 24.0 Å². The highest BCUT2D eigenvalue weighted by molar-refractivity contribution is 7.92. The molecule has 5 rings (SSSR count). The minimum Gasteiger partial charge on any atom is -0.487 e. The van der Waals surface area contributed by atoms with E-state index >= 15 is 0 Å². The summed E-state index contributed by atoms with van der Waals surface area (Å²) in [4.78, 5) is 16.5. The van der Waals surface area contributed by atoms with Gasteiger partial charge in [-0.25, -0.2) is 12.8 Å². The van der Waals surface area contributed by atoms with Crippen molar-refractivity contribution in [2.24, 2.45) is 0 Å². The van der Waals surface area contributed by atoms with Crippen LogP contribution in [0.4, 0.5) is 10.1 Å². The van der Waals surface area contributed by atoms with E-state index in [1.54, 1.807) is 36.7 Å². The van der Waals surface area contributed by atoms with E-state index in [1.807, 2.05) is 6.07 Å². The highest BCUT2D eigenvalue weighted by Crippen LogP contribution is 2.47.